The molecule has 0 aromatic heterocycles. The Balaban J connectivity index is 2.17. The summed E-state index contributed by atoms with van der Waals surface area (Å²) >= 11 is 5.91. The van der Waals surface area contributed by atoms with Gasteiger partial charge in [-0.25, -0.2) is 8.78 Å². The molecule has 1 aliphatic rings. The van der Waals surface area contributed by atoms with Crippen LogP contribution >= 0.6 is 11.6 Å². The van der Waals surface area contributed by atoms with Crippen molar-refractivity contribution in [2.24, 2.45) is 5.73 Å². The Kier molecular flexibility index (Phi) is 3.17. The molecule has 2 unspecified atom stereocenters. The maximum absolute atomic E-state index is 14.3. The Morgan fingerprint density at radius 1 is 1.50 bits per heavy atom. The molecular weight excluding hydrogens is 232 g/mol. The topological polar surface area (TPSA) is 26.0 Å². The van der Waals surface area contributed by atoms with Gasteiger partial charge in [0.25, 0.3) is 0 Å². The number of nitrogens with two attached hydrogens (primary N) is 1. The van der Waals surface area contributed by atoms with Crippen LogP contribution in [0.25, 0.3) is 0 Å². The van der Waals surface area contributed by atoms with Crippen LogP contribution in [0.2, 0.25) is 5.02 Å². The van der Waals surface area contributed by atoms with E-state index in [0.717, 1.165) is 0 Å². The van der Waals surface area contributed by atoms with E-state index in [2.05, 4.69) is 0 Å². The first kappa shape index (κ1) is 11.8. The van der Waals surface area contributed by atoms with Crippen LogP contribution in [0.4, 0.5) is 8.78 Å². The summed E-state index contributed by atoms with van der Waals surface area (Å²) in [5, 5.41) is 0.416. The van der Waals surface area contributed by atoms with E-state index in [4.69, 9.17) is 17.3 Å². The predicted octanol–water partition coefficient (Wildman–Crippen LogP) is 3.24. The first-order chi connectivity index (χ1) is 7.48. The summed E-state index contributed by atoms with van der Waals surface area (Å²) in [5.41, 5.74) is 4.89. The number of hydrogen-bond acceptors (Lipinski definition) is 1. The summed E-state index contributed by atoms with van der Waals surface area (Å²) in [7, 11) is 0. The SMILES string of the molecule is NC1CCC(F)(Cc2cc(F)ccc2Cl)C1. The highest BCUT2D eigenvalue weighted by molar-refractivity contribution is 6.31. The number of benzene rings is 1. The predicted molar refractivity (Wildman–Crippen MR) is 60.8 cm³/mol. The van der Waals surface area contributed by atoms with Crippen molar-refractivity contribution in [1.29, 1.82) is 0 Å². The van der Waals surface area contributed by atoms with Crippen molar-refractivity contribution in [3.05, 3.63) is 34.6 Å². The van der Waals surface area contributed by atoms with Gasteiger partial charge in [0.15, 0.2) is 0 Å². The molecule has 2 rings (SSSR count). The summed E-state index contributed by atoms with van der Waals surface area (Å²) < 4.78 is 27.3. The first-order valence-electron chi connectivity index (χ1n) is 5.37. The maximum atomic E-state index is 14.3. The van der Waals surface area contributed by atoms with E-state index in [0.29, 0.717) is 29.8 Å². The third kappa shape index (κ3) is 2.53. The largest absolute Gasteiger partial charge is 0.328 e. The van der Waals surface area contributed by atoms with Crippen LogP contribution < -0.4 is 5.73 Å². The molecule has 4 heteroatoms. The van der Waals surface area contributed by atoms with Crippen molar-refractivity contribution in [3.63, 3.8) is 0 Å². The minimum atomic E-state index is -1.32. The van der Waals surface area contributed by atoms with Gasteiger partial charge in [-0.3, -0.25) is 0 Å². The molecular formula is C12H14ClF2N. The molecule has 0 saturated heterocycles. The fourth-order valence-electron chi connectivity index (χ4n) is 2.30. The highest BCUT2D eigenvalue weighted by Crippen LogP contribution is 2.37. The molecule has 0 amide bonds. The van der Waals surface area contributed by atoms with Crippen LogP contribution in [0.1, 0.15) is 24.8 Å². The summed E-state index contributed by atoms with van der Waals surface area (Å²) in [4.78, 5) is 0. The van der Waals surface area contributed by atoms with Gasteiger partial charge in [0.05, 0.1) is 0 Å². The molecule has 1 aromatic rings. The molecule has 0 spiro atoms. The monoisotopic (exact) mass is 245 g/mol. The Morgan fingerprint density at radius 3 is 2.88 bits per heavy atom. The zero-order valence-electron chi connectivity index (χ0n) is 8.85. The van der Waals surface area contributed by atoms with Crippen LogP contribution in [0, 0.1) is 5.82 Å². The number of hydrogen-bond donors (Lipinski definition) is 1. The summed E-state index contributed by atoms with van der Waals surface area (Å²) in [6, 6.07) is 3.95. The smallest absolute Gasteiger partial charge is 0.123 e. The molecule has 0 heterocycles. The molecule has 16 heavy (non-hydrogen) atoms. The molecule has 0 radical (unpaired) electrons. The van der Waals surface area contributed by atoms with E-state index < -0.39 is 5.67 Å². The van der Waals surface area contributed by atoms with Crippen molar-refractivity contribution in [3.8, 4) is 0 Å². The van der Waals surface area contributed by atoms with Crippen LogP contribution in [-0.2, 0) is 6.42 Å². The van der Waals surface area contributed by atoms with Crippen molar-refractivity contribution in [1.82, 2.24) is 0 Å². The van der Waals surface area contributed by atoms with Gasteiger partial charge >= 0.3 is 0 Å². The molecule has 2 atom stereocenters. The van der Waals surface area contributed by atoms with Gasteiger partial charge in [-0.05, 0) is 43.0 Å². The summed E-state index contributed by atoms with van der Waals surface area (Å²) in [5.74, 6) is -0.384. The third-order valence-electron chi connectivity index (χ3n) is 3.11. The Morgan fingerprint density at radius 2 is 2.25 bits per heavy atom. The Hall–Kier alpha value is -0.670. The van der Waals surface area contributed by atoms with E-state index in [9.17, 15) is 8.78 Å². The normalized spacial score (nSPS) is 29.6. The second-order valence-corrected chi connectivity index (χ2v) is 4.97. The van der Waals surface area contributed by atoms with E-state index in [1.165, 1.54) is 18.2 Å². The zero-order chi connectivity index (χ0) is 11.8. The molecule has 0 bridgehead atoms. The molecule has 1 nitrogen and oxygen atoms in total. The van der Waals surface area contributed by atoms with Crippen molar-refractivity contribution >= 4 is 11.6 Å². The third-order valence-corrected chi connectivity index (χ3v) is 3.47. The highest BCUT2D eigenvalue weighted by Gasteiger charge is 2.38. The van der Waals surface area contributed by atoms with Gasteiger partial charge in [0, 0.05) is 17.5 Å². The summed E-state index contributed by atoms with van der Waals surface area (Å²) in [6.45, 7) is 0. The minimum absolute atomic E-state index is 0.0858. The second kappa shape index (κ2) is 4.30. The van der Waals surface area contributed by atoms with Gasteiger partial charge in [-0.15, -0.1) is 0 Å². The number of halogens is 3. The fourth-order valence-corrected chi connectivity index (χ4v) is 2.48. The van der Waals surface area contributed by atoms with Gasteiger partial charge in [-0.1, -0.05) is 11.6 Å². The summed E-state index contributed by atoms with van der Waals surface area (Å²) in [6.07, 6.45) is 1.60. The molecule has 1 aromatic carbocycles. The lowest BCUT2D eigenvalue weighted by atomic mass is 9.94. The lowest BCUT2D eigenvalue weighted by Gasteiger charge is -2.20. The molecule has 2 N–H and O–H groups in total. The quantitative estimate of drug-likeness (QED) is 0.851. The van der Waals surface area contributed by atoms with E-state index in [1.807, 2.05) is 0 Å². The van der Waals surface area contributed by atoms with Crippen LogP contribution in [0.3, 0.4) is 0 Å². The van der Waals surface area contributed by atoms with Crippen molar-refractivity contribution in [2.75, 3.05) is 0 Å². The lowest BCUT2D eigenvalue weighted by molar-refractivity contribution is 0.170. The van der Waals surface area contributed by atoms with Gasteiger partial charge in [0.2, 0.25) is 0 Å². The molecule has 88 valence electrons. The number of alkyl halides is 1. The van der Waals surface area contributed by atoms with Crippen LogP contribution in [-0.4, -0.2) is 11.7 Å². The Bertz CT molecular complexity index is 397. The van der Waals surface area contributed by atoms with Crippen LogP contribution in [0.5, 0.6) is 0 Å². The van der Waals surface area contributed by atoms with Gasteiger partial charge in [-0.2, -0.15) is 0 Å². The standard InChI is InChI=1S/C12H14ClF2N/c13-11-2-1-9(14)5-8(11)6-12(15)4-3-10(16)7-12/h1-2,5,10H,3-4,6-7,16H2. The highest BCUT2D eigenvalue weighted by atomic mass is 35.5. The zero-order valence-corrected chi connectivity index (χ0v) is 9.61. The molecule has 1 aliphatic carbocycles. The first-order valence-corrected chi connectivity index (χ1v) is 5.75. The average Bonchev–Trinajstić information content (AvgIpc) is 2.52. The van der Waals surface area contributed by atoms with Crippen molar-refractivity contribution < 1.29 is 8.78 Å². The minimum Gasteiger partial charge on any atom is -0.328 e. The van der Waals surface area contributed by atoms with E-state index in [1.54, 1.807) is 0 Å². The lowest BCUT2D eigenvalue weighted by Crippen LogP contribution is -2.25. The molecule has 1 fully saturated rings. The average molecular weight is 246 g/mol. The van der Waals surface area contributed by atoms with E-state index in [-0.39, 0.29) is 18.3 Å². The second-order valence-electron chi connectivity index (χ2n) is 4.57. The number of rotatable bonds is 2. The van der Waals surface area contributed by atoms with E-state index >= 15 is 0 Å². The van der Waals surface area contributed by atoms with Gasteiger partial charge < -0.3 is 5.73 Å². The van der Waals surface area contributed by atoms with Gasteiger partial charge in [0.1, 0.15) is 11.5 Å². The maximum Gasteiger partial charge on any atom is 0.123 e. The fraction of sp³-hybridized carbons (Fsp3) is 0.500. The van der Waals surface area contributed by atoms with Crippen molar-refractivity contribution in [2.45, 2.75) is 37.4 Å². The Labute approximate surface area is 98.6 Å². The molecule has 1 saturated carbocycles. The van der Waals surface area contributed by atoms with Crippen LogP contribution in [0.15, 0.2) is 18.2 Å². The molecule has 0 aliphatic heterocycles.